The van der Waals surface area contributed by atoms with E-state index in [1.54, 1.807) is 37.4 Å². The molecule has 1 fully saturated rings. The Morgan fingerprint density at radius 1 is 1.28 bits per heavy atom. The van der Waals surface area contributed by atoms with Gasteiger partial charge in [0.25, 0.3) is 5.91 Å². The Bertz CT molecular complexity index is 1100. The number of methoxy groups -OCH3 is 1. The Balaban J connectivity index is 1.75. The number of hydrogen-bond donors (Lipinski definition) is 2. The van der Waals surface area contributed by atoms with E-state index < -0.39 is 0 Å². The topological polar surface area (TPSA) is 93.3 Å². The molecule has 150 valence electrons. The summed E-state index contributed by atoms with van der Waals surface area (Å²) in [4.78, 5) is 17.4. The number of aromatic hydroxyl groups is 1. The molecular weight excluding hydrogens is 372 g/mol. The number of benzene rings is 2. The van der Waals surface area contributed by atoms with Gasteiger partial charge in [-0.1, -0.05) is 6.07 Å². The highest BCUT2D eigenvalue weighted by molar-refractivity contribution is 5.96. The Morgan fingerprint density at radius 3 is 2.97 bits per heavy atom. The number of ether oxygens (including phenoxy) is 2. The van der Waals surface area contributed by atoms with E-state index in [1.807, 2.05) is 12.1 Å². The number of carbonyl (C=O) groups excluding carboxylic acids is 1. The molecule has 0 aliphatic carbocycles. The second-order valence-corrected chi connectivity index (χ2v) is 6.85. The third-order valence-electron chi connectivity index (χ3n) is 4.78. The van der Waals surface area contributed by atoms with Crippen LogP contribution >= 0.6 is 0 Å². The molecule has 7 nitrogen and oxygen atoms in total. The van der Waals surface area contributed by atoms with E-state index in [-0.39, 0.29) is 23.3 Å². The summed E-state index contributed by atoms with van der Waals surface area (Å²) in [5.74, 6) is 0.430. The maximum atomic E-state index is 12.9. The highest BCUT2D eigenvalue weighted by Crippen LogP contribution is 2.22. The molecule has 1 amide bonds. The van der Waals surface area contributed by atoms with Gasteiger partial charge in [0.15, 0.2) is 0 Å². The first-order valence-electron chi connectivity index (χ1n) is 9.48. The smallest absolute Gasteiger partial charge is 0.256 e. The van der Waals surface area contributed by atoms with Gasteiger partial charge < -0.3 is 24.3 Å². The van der Waals surface area contributed by atoms with Gasteiger partial charge in [0.1, 0.15) is 22.6 Å². The zero-order valence-corrected chi connectivity index (χ0v) is 16.1. The number of amides is 1. The molecule has 7 heteroatoms. The van der Waals surface area contributed by atoms with Crippen LogP contribution in [0.4, 0.5) is 5.69 Å². The minimum Gasteiger partial charge on any atom is -0.508 e. The number of nitrogens with one attached hydrogen (secondary N) is 1. The minimum absolute atomic E-state index is 0.0343. The van der Waals surface area contributed by atoms with Crippen molar-refractivity contribution in [3.8, 4) is 11.5 Å². The Kier molecular flexibility index (Phi) is 5.48. The Hall–Kier alpha value is -3.32. The summed E-state index contributed by atoms with van der Waals surface area (Å²) in [7, 11) is 1.58. The first kappa shape index (κ1) is 19.0. The number of hydrogen-bond acceptors (Lipinski definition) is 6. The van der Waals surface area contributed by atoms with Gasteiger partial charge in [0.05, 0.1) is 18.9 Å². The highest BCUT2D eigenvalue weighted by Gasteiger charge is 2.18. The summed E-state index contributed by atoms with van der Waals surface area (Å²) in [5, 5.41) is 13.4. The van der Waals surface area contributed by atoms with Gasteiger partial charge in [-0.15, -0.1) is 0 Å². The lowest BCUT2D eigenvalue weighted by Crippen LogP contribution is -2.34. The molecule has 4 rings (SSSR count). The fourth-order valence-corrected chi connectivity index (χ4v) is 3.26. The van der Waals surface area contributed by atoms with Crippen molar-refractivity contribution >= 4 is 22.6 Å². The third-order valence-corrected chi connectivity index (χ3v) is 4.78. The third kappa shape index (κ3) is 4.41. The average Bonchev–Trinajstić information content (AvgIpc) is 3.25. The molecule has 2 N–H and O–H groups in total. The maximum Gasteiger partial charge on any atom is 0.256 e. The summed E-state index contributed by atoms with van der Waals surface area (Å²) in [5.41, 5.74) is 1.48. The molecule has 0 spiro atoms. The van der Waals surface area contributed by atoms with Crippen LogP contribution in [0, 0.1) is 0 Å². The highest BCUT2D eigenvalue weighted by atomic mass is 16.5. The molecule has 29 heavy (non-hydrogen) atoms. The molecule has 3 aromatic rings. The number of phenolic OH excluding ortho intramolecular Hbond substituents is 1. The molecular formula is C22H22N2O5. The number of carbonyl (C=O) groups is 1. The quantitative estimate of drug-likeness (QED) is 0.693. The fourth-order valence-electron chi connectivity index (χ4n) is 3.26. The predicted molar refractivity (Wildman–Crippen MR) is 107 cm³/mol. The average molecular weight is 394 g/mol. The number of fused-ring (bicyclic) bond motifs is 1. The van der Waals surface area contributed by atoms with Crippen LogP contribution < -0.4 is 15.6 Å². The standard InChI is InChI=1S/C22H22N2O5/c1-27-17-5-2-4-15(11-17)24-22-19(21(26)23-13-18-6-3-9-28-18)10-14-7-8-16(25)12-20(14)29-22/h2,4-5,7-8,10-12,18,25H,3,6,9,13H2,1H3,(H,23,26)/t18-/m0/s1. The minimum atomic E-state index is -0.291. The van der Waals surface area contributed by atoms with Crippen molar-refractivity contribution in [2.45, 2.75) is 18.9 Å². The van der Waals surface area contributed by atoms with Gasteiger partial charge in [-0.3, -0.25) is 4.79 Å². The van der Waals surface area contributed by atoms with E-state index in [0.29, 0.717) is 34.5 Å². The van der Waals surface area contributed by atoms with E-state index in [4.69, 9.17) is 13.9 Å². The first-order valence-corrected chi connectivity index (χ1v) is 9.48. The van der Waals surface area contributed by atoms with Crippen molar-refractivity contribution in [3.63, 3.8) is 0 Å². The normalized spacial score (nSPS) is 16.9. The van der Waals surface area contributed by atoms with Gasteiger partial charge in [-0.2, -0.15) is 0 Å². The molecule has 0 saturated carbocycles. The van der Waals surface area contributed by atoms with Crippen LogP contribution in [0.2, 0.25) is 0 Å². The van der Waals surface area contributed by atoms with Crippen LogP contribution in [0.3, 0.4) is 0 Å². The summed E-state index contributed by atoms with van der Waals surface area (Å²) < 4.78 is 16.7. The van der Waals surface area contributed by atoms with Crippen LogP contribution in [0.1, 0.15) is 23.2 Å². The van der Waals surface area contributed by atoms with Gasteiger partial charge >= 0.3 is 0 Å². The van der Waals surface area contributed by atoms with Crippen molar-refractivity contribution < 1.29 is 23.8 Å². The molecule has 0 unspecified atom stereocenters. The first-order chi connectivity index (χ1) is 14.1. The molecule has 2 aromatic carbocycles. The van der Waals surface area contributed by atoms with E-state index >= 15 is 0 Å². The molecule has 0 bridgehead atoms. The van der Waals surface area contributed by atoms with E-state index in [1.165, 1.54) is 6.07 Å². The second-order valence-electron chi connectivity index (χ2n) is 6.85. The molecule has 2 heterocycles. The monoisotopic (exact) mass is 394 g/mol. The SMILES string of the molecule is COc1cccc(N=c2oc3cc(O)ccc3cc2C(=O)NC[C@@H]2CCCO2)c1. The zero-order chi connectivity index (χ0) is 20.2. The molecule has 1 atom stereocenters. The van der Waals surface area contributed by atoms with Gasteiger partial charge in [0.2, 0.25) is 5.55 Å². The molecule has 1 aliphatic heterocycles. The van der Waals surface area contributed by atoms with Gasteiger partial charge in [-0.05, 0) is 43.2 Å². The van der Waals surface area contributed by atoms with Gasteiger partial charge in [-0.25, -0.2) is 4.99 Å². The number of nitrogens with zero attached hydrogens (tertiary/aromatic N) is 1. The summed E-state index contributed by atoms with van der Waals surface area (Å²) in [6.07, 6.45) is 1.97. The lowest BCUT2D eigenvalue weighted by atomic mass is 10.1. The molecule has 1 aromatic heterocycles. The van der Waals surface area contributed by atoms with Crippen LogP contribution in [-0.2, 0) is 4.74 Å². The Morgan fingerprint density at radius 2 is 2.17 bits per heavy atom. The molecule has 0 radical (unpaired) electrons. The largest absolute Gasteiger partial charge is 0.508 e. The van der Waals surface area contributed by atoms with Crippen LogP contribution in [-0.4, -0.2) is 37.4 Å². The van der Waals surface area contributed by atoms with Crippen molar-refractivity contribution in [2.24, 2.45) is 4.99 Å². The van der Waals surface area contributed by atoms with Crippen LogP contribution in [0.25, 0.3) is 11.0 Å². The van der Waals surface area contributed by atoms with Crippen LogP contribution in [0.15, 0.2) is 57.9 Å². The Labute approximate surface area is 167 Å². The lowest BCUT2D eigenvalue weighted by Gasteiger charge is -2.11. The second kappa shape index (κ2) is 8.36. The van der Waals surface area contributed by atoms with Crippen molar-refractivity contribution in [3.05, 3.63) is 59.6 Å². The molecule has 1 saturated heterocycles. The van der Waals surface area contributed by atoms with Crippen LogP contribution in [0.5, 0.6) is 11.5 Å². The fraction of sp³-hybridized carbons (Fsp3) is 0.273. The van der Waals surface area contributed by atoms with Gasteiger partial charge in [0, 0.05) is 30.7 Å². The van der Waals surface area contributed by atoms with E-state index in [0.717, 1.165) is 19.4 Å². The summed E-state index contributed by atoms with van der Waals surface area (Å²) in [6, 6.07) is 13.6. The number of rotatable bonds is 5. The van der Waals surface area contributed by atoms with E-state index in [9.17, 15) is 9.90 Å². The van der Waals surface area contributed by atoms with Crippen molar-refractivity contribution in [1.29, 1.82) is 0 Å². The summed E-state index contributed by atoms with van der Waals surface area (Å²) >= 11 is 0. The van der Waals surface area contributed by atoms with E-state index in [2.05, 4.69) is 10.3 Å². The molecule has 1 aliphatic rings. The lowest BCUT2D eigenvalue weighted by molar-refractivity contribution is 0.0854. The predicted octanol–water partition coefficient (Wildman–Crippen LogP) is 3.29. The maximum absolute atomic E-state index is 12.9. The zero-order valence-electron chi connectivity index (χ0n) is 16.1. The van der Waals surface area contributed by atoms with Crippen molar-refractivity contribution in [1.82, 2.24) is 5.32 Å². The van der Waals surface area contributed by atoms with Crippen molar-refractivity contribution in [2.75, 3.05) is 20.3 Å². The summed E-state index contributed by atoms with van der Waals surface area (Å²) in [6.45, 7) is 1.16. The number of phenols is 1.